The van der Waals surface area contributed by atoms with Crippen molar-refractivity contribution in [3.05, 3.63) is 94.7 Å². The van der Waals surface area contributed by atoms with Gasteiger partial charge >= 0.3 is 6.03 Å². The average molecular weight is 470 g/mol. The molecule has 5 nitrogen and oxygen atoms in total. The SMILES string of the molecule is O=C(NCCCN(C(=O)Nc1ccccc1)c1ccc(F)cc1)c1ccc(Br)cc1. The Morgan fingerprint density at radius 1 is 0.900 bits per heavy atom. The number of benzene rings is 3. The van der Waals surface area contributed by atoms with Crippen LogP contribution in [0, 0.1) is 5.82 Å². The minimum absolute atomic E-state index is 0.176. The van der Waals surface area contributed by atoms with E-state index in [4.69, 9.17) is 0 Å². The third kappa shape index (κ3) is 6.15. The summed E-state index contributed by atoms with van der Waals surface area (Å²) in [6, 6.07) is 21.6. The Balaban J connectivity index is 1.60. The molecule has 0 heterocycles. The first-order chi connectivity index (χ1) is 14.5. The molecule has 30 heavy (non-hydrogen) atoms. The molecule has 3 amide bonds. The first-order valence-corrected chi connectivity index (χ1v) is 10.2. The lowest BCUT2D eigenvalue weighted by Gasteiger charge is -2.23. The van der Waals surface area contributed by atoms with Crippen LogP contribution in [0.1, 0.15) is 16.8 Å². The second-order valence-corrected chi connectivity index (χ2v) is 7.46. The van der Waals surface area contributed by atoms with Gasteiger partial charge in [-0.3, -0.25) is 9.69 Å². The second-order valence-electron chi connectivity index (χ2n) is 6.54. The van der Waals surface area contributed by atoms with Gasteiger partial charge in [-0.1, -0.05) is 34.1 Å². The highest BCUT2D eigenvalue weighted by Gasteiger charge is 2.16. The first-order valence-electron chi connectivity index (χ1n) is 9.46. The highest BCUT2D eigenvalue weighted by Crippen LogP contribution is 2.17. The molecule has 0 aliphatic carbocycles. The molecule has 3 rings (SSSR count). The van der Waals surface area contributed by atoms with Crippen molar-refractivity contribution in [2.45, 2.75) is 6.42 Å². The van der Waals surface area contributed by atoms with Crippen LogP contribution in [0.3, 0.4) is 0 Å². The predicted molar refractivity (Wildman–Crippen MR) is 120 cm³/mol. The van der Waals surface area contributed by atoms with Crippen LogP contribution >= 0.6 is 15.9 Å². The van der Waals surface area contributed by atoms with Crippen LogP contribution in [0.15, 0.2) is 83.3 Å². The van der Waals surface area contributed by atoms with E-state index >= 15 is 0 Å². The zero-order valence-corrected chi connectivity index (χ0v) is 17.7. The van der Waals surface area contributed by atoms with E-state index in [0.29, 0.717) is 36.4 Å². The maximum absolute atomic E-state index is 13.3. The number of halogens is 2. The molecule has 2 N–H and O–H groups in total. The van der Waals surface area contributed by atoms with Gasteiger partial charge < -0.3 is 10.6 Å². The smallest absolute Gasteiger partial charge is 0.326 e. The highest BCUT2D eigenvalue weighted by atomic mass is 79.9. The number of nitrogens with zero attached hydrogens (tertiary/aromatic N) is 1. The predicted octanol–water partition coefficient (Wildman–Crippen LogP) is 5.45. The summed E-state index contributed by atoms with van der Waals surface area (Å²) in [5.41, 5.74) is 1.80. The molecule has 154 valence electrons. The van der Waals surface area contributed by atoms with Crippen LogP contribution < -0.4 is 15.5 Å². The summed E-state index contributed by atoms with van der Waals surface area (Å²) in [5.74, 6) is -0.548. The Kier molecular flexibility index (Phi) is 7.57. The fraction of sp³-hybridized carbons (Fsp3) is 0.130. The Labute approximate surface area is 183 Å². The second kappa shape index (κ2) is 10.5. The summed E-state index contributed by atoms with van der Waals surface area (Å²) in [6.45, 7) is 0.746. The third-order valence-electron chi connectivity index (χ3n) is 4.36. The van der Waals surface area contributed by atoms with Gasteiger partial charge in [0.2, 0.25) is 0 Å². The lowest BCUT2D eigenvalue weighted by Crippen LogP contribution is -2.37. The lowest BCUT2D eigenvalue weighted by molar-refractivity contribution is 0.0953. The van der Waals surface area contributed by atoms with Gasteiger partial charge in [0.05, 0.1) is 0 Å². The summed E-state index contributed by atoms with van der Waals surface area (Å²) < 4.78 is 14.2. The fourth-order valence-electron chi connectivity index (χ4n) is 2.82. The van der Waals surface area contributed by atoms with Crippen molar-refractivity contribution in [3.8, 4) is 0 Å². The van der Waals surface area contributed by atoms with E-state index in [2.05, 4.69) is 26.6 Å². The molecule has 0 saturated heterocycles. The Hall–Kier alpha value is -3.19. The number of carbonyl (C=O) groups excluding carboxylic acids is 2. The molecule has 0 bridgehead atoms. The number of hydrogen-bond donors (Lipinski definition) is 2. The minimum atomic E-state index is -0.371. The summed E-state index contributed by atoms with van der Waals surface area (Å²) in [7, 11) is 0. The number of carbonyl (C=O) groups is 2. The molecule has 0 saturated carbocycles. The summed E-state index contributed by atoms with van der Waals surface area (Å²) >= 11 is 3.34. The maximum atomic E-state index is 13.3. The van der Waals surface area contributed by atoms with E-state index in [9.17, 15) is 14.0 Å². The molecule has 3 aromatic carbocycles. The van der Waals surface area contributed by atoms with E-state index in [1.54, 1.807) is 48.5 Å². The van der Waals surface area contributed by atoms with Gasteiger partial charge in [-0.2, -0.15) is 0 Å². The number of hydrogen-bond acceptors (Lipinski definition) is 2. The summed E-state index contributed by atoms with van der Waals surface area (Å²) in [6.07, 6.45) is 0.530. The molecule has 7 heteroatoms. The zero-order chi connectivity index (χ0) is 21.3. The minimum Gasteiger partial charge on any atom is -0.352 e. The van der Waals surface area contributed by atoms with Crippen molar-refractivity contribution in [2.75, 3.05) is 23.3 Å². The number of amides is 3. The number of nitrogens with one attached hydrogen (secondary N) is 2. The van der Waals surface area contributed by atoms with Crippen molar-refractivity contribution in [1.82, 2.24) is 5.32 Å². The molecule has 0 atom stereocenters. The molecule has 0 fully saturated rings. The van der Waals surface area contributed by atoms with E-state index in [1.807, 2.05) is 18.2 Å². The third-order valence-corrected chi connectivity index (χ3v) is 4.89. The topological polar surface area (TPSA) is 61.4 Å². The van der Waals surface area contributed by atoms with Crippen LogP contribution in [-0.4, -0.2) is 25.0 Å². The maximum Gasteiger partial charge on any atom is 0.326 e. The van der Waals surface area contributed by atoms with Gasteiger partial charge in [0.25, 0.3) is 5.91 Å². The molecule has 0 radical (unpaired) electrons. The summed E-state index contributed by atoms with van der Waals surface area (Å²) in [4.78, 5) is 26.6. The van der Waals surface area contributed by atoms with E-state index in [0.717, 1.165) is 4.47 Å². The molecular weight excluding hydrogens is 449 g/mol. The molecule has 0 aliphatic rings. The molecule has 0 unspecified atom stereocenters. The van der Waals surface area contributed by atoms with Gasteiger partial charge in [-0.15, -0.1) is 0 Å². The molecular formula is C23H21BrFN3O2. The molecule has 0 aromatic heterocycles. The quantitative estimate of drug-likeness (QED) is 0.452. The van der Waals surface area contributed by atoms with Gasteiger partial charge in [0.15, 0.2) is 0 Å². The van der Waals surface area contributed by atoms with Crippen molar-refractivity contribution in [2.24, 2.45) is 0 Å². The lowest BCUT2D eigenvalue weighted by atomic mass is 10.2. The number of para-hydroxylation sites is 1. The van der Waals surface area contributed by atoms with Gasteiger partial charge in [-0.05, 0) is 67.1 Å². The monoisotopic (exact) mass is 469 g/mol. The first kappa shape index (κ1) is 21.5. The highest BCUT2D eigenvalue weighted by molar-refractivity contribution is 9.10. The average Bonchev–Trinajstić information content (AvgIpc) is 2.75. The van der Waals surface area contributed by atoms with Crippen LogP contribution in [-0.2, 0) is 0 Å². The Morgan fingerprint density at radius 2 is 1.57 bits per heavy atom. The van der Waals surface area contributed by atoms with Crippen LogP contribution in [0.2, 0.25) is 0 Å². The summed E-state index contributed by atoms with van der Waals surface area (Å²) in [5, 5.41) is 5.69. The van der Waals surface area contributed by atoms with Gasteiger partial charge in [0, 0.05) is 34.5 Å². The Bertz CT molecular complexity index is 980. The standard InChI is InChI=1S/C23H21BrFN3O2/c24-18-9-7-17(8-10-18)22(29)26-15-4-16-28(21-13-11-19(25)12-14-21)23(30)27-20-5-2-1-3-6-20/h1-3,5-14H,4,15-16H2,(H,26,29)(H,27,30). The van der Waals surface area contributed by atoms with Gasteiger partial charge in [0.1, 0.15) is 5.82 Å². The molecule has 0 spiro atoms. The normalized spacial score (nSPS) is 10.3. The van der Waals surface area contributed by atoms with Gasteiger partial charge in [-0.25, -0.2) is 9.18 Å². The number of anilines is 2. The van der Waals surface area contributed by atoms with E-state index < -0.39 is 0 Å². The van der Waals surface area contributed by atoms with Crippen LogP contribution in [0.4, 0.5) is 20.6 Å². The van der Waals surface area contributed by atoms with E-state index in [1.165, 1.54) is 17.0 Å². The van der Waals surface area contributed by atoms with Crippen molar-refractivity contribution < 1.29 is 14.0 Å². The molecule has 3 aromatic rings. The number of rotatable bonds is 7. The zero-order valence-electron chi connectivity index (χ0n) is 16.1. The van der Waals surface area contributed by atoms with Crippen LogP contribution in [0.5, 0.6) is 0 Å². The van der Waals surface area contributed by atoms with Crippen molar-refractivity contribution in [1.29, 1.82) is 0 Å². The Morgan fingerprint density at radius 3 is 2.23 bits per heavy atom. The van der Waals surface area contributed by atoms with E-state index in [-0.39, 0.29) is 17.8 Å². The van der Waals surface area contributed by atoms with Crippen LogP contribution in [0.25, 0.3) is 0 Å². The van der Waals surface area contributed by atoms with Crippen molar-refractivity contribution >= 4 is 39.2 Å². The largest absolute Gasteiger partial charge is 0.352 e. The number of urea groups is 1. The van der Waals surface area contributed by atoms with Crippen molar-refractivity contribution in [3.63, 3.8) is 0 Å². The fourth-order valence-corrected chi connectivity index (χ4v) is 3.09. The molecule has 0 aliphatic heterocycles.